The Kier molecular flexibility index (Phi) is 12.4. The quantitative estimate of drug-likeness (QED) is 0.206. The minimum absolute atomic E-state index is 0. The monoisotopic (exact) mass is 533 g/mol. The number of morpholine rings is 1. The molecule has 0 aromatic carbocycles. The highest BCUT2D eigenvalue weighted by Gasteiger charge is 2.16. The number of anilines is 1. The highest BCUT2D eigenvalue weighted by molar-refractivity contribution is 14.0. The van der Waals surface area contributed by atoms with Crippen LogP contribution in [0, 0.1) is 5.92 Å². The minimum Gasteiger partial charge on any atom is -0.381 e. The number of hydrogen-bond acceptors (Lipinski definition) is 6. The maximum atomic E-state index is 5.77. The van der Waals surface area contributed by atoms with Crippen LogP contribution >= 0.6 is 24.0 Å². The highest BCUT2D eigenvalue weighted by Crippen LogP contribution is 2.19. The fraction of sp³-hybridized carbons (Fsp3) is 0.714. The molecule has 2 aliphatic rings. The van der Waals surface area contributed by atoms with Crippen LogP contribution in [-0.4, -0.2) is 76.8 Å². The number of nitrogens with one attached hydrogen (secondary N) is 2. The molecule has 8 nitrogen and oxygen atoms in total. The van der Waals surface area contributed by atoms with Gasteiger partial charge in [0.05, 0.1) is 33.0 Å². The molecule has 2 fully saturated rings. The number of aliphatic imine (C=N–C) groups is 1. The van der Waals surface area contributed by atoms with Gasteiger partial charge in [-0.05, 0) is 25.8 Å². The number of nitrogens with zero attached hydrogens (tertiary/aromatic N) is 3. The summed E-state index contributed by atoms with van der Waals surface area (Å²) in [6, 6.07) is 4.08. The number of rotatable bonds is 10. The summed E-state index contributed by atoms with van der Waals surface area (Å²) in [7, 11) is 0. The van der Waals surface area contributed by atoms with E-state index in [1.54, 1.807) is 0 Å². The van der Waals surface area contributed by atoms with Crippen LogP contribution in [0.25, 0.3) is 0 Å². The van der Waals surface area contributed by atoms with Crippen molar-refractivity contribution in [3.8, 4) is 0 Å². The van der Waals surface area contributed by atoms with Gasteiger partial charge in [0.1, 0.15) is 5.82 Å². The smallest absolute Gasteiger partial charge is 0.191 e. The second-order valence-corrected chi connectivity index (χ2v) is 7.37. The zero-order valence-corrected chi connectivity index (χ0v) is 20.3. The van der Waals surface area contributed by atoms with Crippen molar-refractivity contribution in [3.63, 3.8) is 0 Å². The molecule has 1 atom stereocenters. The lowest BCUT2D eigenvalue weighted by Crippen LogP contribution is -2.38. The predicted octanol–water partition coefficient (Wildman–Crippen LogP) is 2.03. The first kappa shape index (κ1) is 25.1. The third kappa shape index (κ3) is 8.52. The Bertz CT molecular complexity index is 622. The molecule has 0 aliphatic carbocycles. The first-order valence-electron chi connectivity index (χ1n) is 10.8. The van der Waals surface area contributed by atoms with Crippen LogP contribution in [0.3, 0.4) is 0 Å². The van der Waals surface area contributed by atoms with Crippen molar-refractivity contribution in [2.45, 2.75) is 26.3 Å². The molecule has 1 unspecified atom stereocenters. The van der Waals surface area contributed by atoms with Gasteiger partial charge in [-0.15, -0.1) is 24.0 Å². The van der Waals surface area contributed by atoms with Crippen molar-refractivity contribution < 1.29 is 14.2 Å². The number of aromatic nitrogens is 1. The molecule has 2 saturated heterocycles. The average molecular weight is 533 g/mol. The molecule has 2 aliphatic heterocycles. The highest BCUT2D eigenvalue weighted by atomic mass is 127. The first-order valence-corrected chi connectivity index (χ1v) is 10.8. The Hall–Kier alpha value is -1.17. The number of pyridine rings is 1. The van der Waals surface area contributed by atoms with Crippen LogP contribution in [0.2, 0.25) is 0 Å². The van der Waals surface area contributed by atoms with E-state index in [1.165, 1.54) is 0 Å². The summed E-state index contributed by atoms with van der Waals surface area (Å²) >= 11 is 0. The fourth-order valence-corrected chi connectivity index (χ4v) is 3.47. The van der Waals surface area contributed by atoms with Gasteiger partial charge in [-0.1, -0.05) is 6.07 Å². The van der Waals surface area contributed by atoms with Crippen molar-refractivity contribution in [2.24, 2.45) is 10.9 Å². The zero-order chi connectivity index (χ0) is 20.2. The molecule has 1 aromatic rings. The lowest BCUT2D eigenvalue weighted by atomic mass is 10.1. The Morgan fingerprint density at radius 2 is 2.13 bits per heavy atom. The predicted molar refractivity (Wildman–Crippen MR) is 130 cm³/mol. The van der Waals surface area contributed by atoms with Crippen molar-refractivity contribution in [3.05, 3.63) is 23.9 Å². The van der Waals surface area contributed by atoms with Gasteiger partial charge in [-0.2, -0.15) is 0 Å². The topological polar surface area (TPSA) is 80.2 Å². The molecule has 9 heteroatoms. The van der Waals surface area contributed by atoms with Crippen LogP contribution in [0.15, 0.2) is 23.3 Å². The van der Waals surface area contributed by atoms with E-state index in [9.17, 15) is 0 Å². The second kappa shape index (κ2) is 14.8. The maximum Gasteiger partial charge on any atom is 0.191 e. The molecule has 2 N–H and O–H groups in total. The molecular weight excluding hydrogens is 497 g/mol. The van der Waals surface area contributed by atoms with E-state index in [2.05, 4.69) is 33.5 Å². The normalized spacial score (nSPS) is 19.4. The number of ether oxygens (including phenoxy) is 3. The van der Waals surface area contributed by atoms with E-state index in [1.807, 2.05) is 12.3 Å². The summed E-state index contributed by atoms with van der Waals surface area (Å²) in [5.74, 6) is 2.41. The third-order valence-corrected chi connectivity index (χ3v) is 5.07. The van der Waals surface area contributed by atoms with Crippen molar-refractivity contribution >= 4 is 35.8 Å². The molecule has 0 spiro atoms. The van der Waals surface area contributed by atoms with Gasteiger partial charge in [-0.3, -0.25) is 0 Å². The molecule has 0 amide bonds. The van der Waals surface area contributed by atoms with Gasteiger partial charge in [0.2, 0.25) is 0 Å². The average Bonchev–Trinajstić information content (AvgIpc) is 3.29. The van der Waals surface area contributed by atoms with E-state index in [0.29, 0.717) is 12.5 Å². The SMILES string of the molecule is CCNC(=NCc1cccnc1N1CCOCC1)NCCCOCC1CCOC1.I. The van der Waals surface area contributed by atoms with E-state index >= 15 is 0 Å². The van der Waals surface area contributed by atoms with Crippen LogP contribution in [0.4, 0.5) is 5.82 Å². The van der Waals surface area contributed by atoms with Gasteiger partial charge < -0.3 is 29.7 Å². The molecule has 1 aromatic heterocycles. The minimum atomic E-state index is 0. The number of halogens is 1. The third-order valence-electron chi connectivity index (χ3n) is 5.07. The van der Waals surface area contributed by atoms with E-state index in [0.717, 1.165) is 96.0 Å². The van der Waals surface area contributed by atoms with Gasteiger partial charge in [0.25, 0.3) is 0 Å². The molecular formula is C21H36IN5O3. The summed E-state index contributed by atoms with van der Waals surface area (Å²) in [5.41, 5.74) is 1.13. The van der Waals surface area contributed by atoms with Crippen molar-refractivity contribution in [1.29, 1.82) is 0 Å². The Balaban J connectivity index is 0.00000320. The summed E-state index contributed by atoms with van der Waals surface area (Å²) in [4.78, 5) is 11.6. The lowest BCUT2D eigenvalue weighted by molar-refractivity contribution is 0.0888. The molecule has 3 rings (SSSR count). The molecule has 0 saturated carbocycles. The summed E-state index contributed by atoms with van der Waals surface area (Å²) in [5, 5.41) is 6.71. The van der Waals surface area contributed by atoms with Crippen LogP contribution in [0.1, 0.15) is 25.3 Å². The Morgan fingerprint density at radius 3 is 2.90 bits per heavy atom. The summed E-state index contributed by atoms with van der Waals surface area (Å²) < 4.78 is 16.6. The molecule has 3 heterocycles. The zero-order valence-electron chi connectivity index (χ0n) is 18.0. The maximum absolute atomic E-state index is 5.77. The van der Waals surface area contributed by atoms with Crippen LogP contribution in [-0.2, 0) is 20.8 Å². The summed E-state index contributed by atoms with van der Waals surface area (Å²) in [6.07, 6.45) is 3.92. The van der Waals surface area contributed by atoms with Crippen LogP contribution in [0.5, 0.6) is 0 Å². The van der Waals surface area contributed by atoms with Gasteiger partial charge in [0.15, 0.2) is 5.96 Å². The number of guanidine groups is 1. The molecule has 170 valence electrons. The van der Waals surface area contributed by atoms with E-state index in [-0.39, 0.29) is 24.0 Å². The lowest BCUT2D eigenvalue weighted by Gasteiger charge is -2.29. The largest absolute Gasteiger partial charge is 0.381 e. The van der Waals surface area contributed by atoms with Crippen LogP contribution < -0.4 is 15.5 Å². The van der Waals surface area contributed by atoms with Crippen molar-refractivity contribution in [1.82, 2.24) is 15.6 Å². The van der Waals surface area contributed by atoms with Gasteiger partial charge in [-0.25, -0.2) is 9.98 Å². The van der Waals surface area contributed by atoms with Gasteiger partial charge >= 0.3 is 0 Å². The van der Waals surface area contributed by atoms with Gasteiger partial charge in [0, 0.05) is 57.1 Å². The fourth-order valence-electron chi connectivity index (χ4n) is 3.47. The Morgan fingerprint density at radius 1 is 1.27 bits per heavy atom. The summed E-state index contributed by atoms with van der Waals surface area (Å²) in [6.45, 7) is 10.9. The van der Waals surface area contributed by atoms with E-state index in [4.69, 9.17) is 19.2 Å². The first-order chi connectivity index (χ1) is 14.4. The van der Waals surface area contributed by atoms with Crippen molar-refractivity contribution in [2.75, 3.05) is 70.7 Å². The van der Waals surface area contributed by atoms with E-state index < -0.39 is 0 Å². The molecule has 30 heavy (non-hydrogen) atoms. The second-order valence-electron chi connectivity index (χ2n) is 7.37. The molecule has 0 radical (unpaired) electrons. The number of hydrogen-bond donors (Lipinski definition) is 2. The molecule has 0 bridgehead atoms. The standard InChI is InChI=1S/C21H35N5O3.HI/c1-2-22-21(24-8-4-11-28-16-18-6-12-29-17-18)25-15-19-5-3-7-23-20(19)26-9-13-27-14-10-26;/h3,5,7,18H,2,4,6,8-17H2,1H3,(H2,22,24,25);1H. The Labute approximate surface area is 197 Å².